The van der Waals surface area contributed by atoms with Gasteiger partial charge in [0.25, 0.3) is 0 Å². The summed E-state index contributed by atoms with van der Waals surface area (Å²) in [6.07, 6.45) is 4.08. The third kappa shape index (κ3) is 2.67. The molecule has 1 aromatic heterocycles. The second-order valence-corrected chi connectivity index (χ2v) is 5.54. The van der Waals surface area contributed by atoms with E-state index in [1.54, 1.807) is 0 Å². The van der Waals surface area contributed by atoms with E-state index in [-0.39, 0.29) is 6.04 Å². The van der Waals surface area contributed by atoms with E-state index in [9.17, 15) is 0 Å². The van der Waals surface area contributed by atoms with Crippen LogP contribution in [0.3, 0.4) is 0 Å². The molecular formula is C16H22N2O. The van der Waals surface area contributed by atoms with Gasteiger partial charge in [-0.2, -0.15) is 0 Å². The van der Waals surface area contributed by atoms with Crippen molar-refractivity contribution in [3.63, 3.8) is 0 Å². The van der Waals surface area contributed by atoms with Crippen LogP contribution in [0.25, 0.3) is 11.0 Å². The van der Waals surface area contributed by atoms with Crippen LogP contribution in [-0.4, -0.2) is 13.1 Å². The van der Waals surface area contributed by atoms with Crippen molar-refractivity contribution >= 4 is 11.0 Å². The molecule has 3 heteroatoms. The number of furan rings is 1. The van der Waals surface area contributed by atoms with Gasteiger partial charge in [-0.05, 0) is 31.9 Å². The summed E-state index contributed by atoms with van der Waals surface area (Å²) in [6, 6.07) is 8.39. The Labute approximate surface area is 114 Å². The van der Waals surface area contributed by atoms with E-state index in [0.29, 0.717) is 6.54 Å². The molecule has 0 saturated heterocycles. The van der Waals surface area contributed by atoms with Gasteiger partial charge in [-0.1, -0.05) is 31.0 Å². The highest BCUT2D eigenvalue weighted by atomic mass is 16.3. The number of aryl methyl sites for hydroxylation is 1. The summed E-state index contributed by atoms with van der Waals surface area (Å²) in [5, 5.41) is 4.78. The molecule has 3 nitrogen and oxygen atoms in total. The van der Waals surface area contributed by atoms with Crippen molar-refractivity contribution in [1.29, 1.82) is 0 Å². The molecule has 1 unspecified atom stereocenters. The molecule has 0 amide bonds. The molecule has 0 spiro atoms. The normalized spacial score (nSPS) is 16.9. The van der Waals surface area contributed by atoms with Gasteiger partial charge in [0.2, 0.25) is 0 Å². The minimum atomic E-state index is 0.197. The highest BCUT2D eigenvalue weighted by Crippen LogP contribution is 2.33. The van der Waals surface area contributed by atoms with Gasteiger partial charge in [0, 0.05) is 23.5 Å². The molecule has 1 aliphatic rings. The van der Waals surface area contributed by atoms with Crippen LogP contribution in [0.5, 0.6) is 0 Å². The lowest BCUT2D eigenvalue weighted by Gasteiger charge is -2.17. The Morgan fingerprint density at radius 1 is 1.37 bits per heavy atom. The molecule has 0 bridgehead atoms. The van der Waals surface area contributed by atoms with Crippen molar-refractivity contribution in [2.75, 3.05) is 13.1 Å². The number of benzene rings is 1. The van der Waals surface area contributed by atoms with E-state index in [0.717, 1.165) is 23.8 Å². The predicted octanol–water partition coefficient (Wildman–Crippen LogP) is 3.13. The molecule has 1 saturated carbocycles. The van der Waals surface area contributed by atoms with Crippen LogP contribution in [0.4, 0.5) is 0 Å². The maximum absolute atomic E-state index is 5.95. The first kappa shape index (κ1) is 12.7. The molecule has 2 aromatic rings. The summed E-state index contributed by atoms with van der Waals surface area (Å²) in [5.74, 6) is 1.93. The zero-order valence-corrected chi connectivity index (χ0v) is 11.5. The Hall–Kier alpha value is -1.32. The molecule has 0 radical (unpaired) electrons. The standard InChI is InChI=1S/C16H22N2O/c1-11-16(13-4-2-3-5-15(13)19-11)14(10-17)18-9-8-12-6-7-12/h2-5,12,14,18H,6-10,17H2,1H3. The minimum absolute atomic E-state index is 0.197. The van der Waals surface area contributed by atoms with E-state index in [4.69, 9.17) is 10.2 Å². The van der Waals surface area contributed by atoms with Gasteiger partial charge in [-0.25, -0.2) is 0 Å². The molecule has 1 heterocycles. The second-order valence-electron chi connectivity index (χ2n) is 5.54. The molecule has 1 atom stereocenters. The molecule has 1 fully saturated rings. The fourth-order valence-corrected chi connectivity index (χ4v) is 2.79. The molecule has 3 N–H and O–H groups in total. The number of hydrogen-bond acceptors (Lipinski definition) is 3. The highest BCUT2D eigenvalue weighted by molar-refractivity contribution is 5.82. The van der Waals surface area contributed by atoms with Gasteiger partial charge in [-0.15, -0.1) is 0 Å². The Morgan fingerprint density at radius 3 is 2.89 bits per heavy atom. The second kappa shape index (κ2) is 5.35. The van der Waals surface area contributed by atoms with E-state index < -0.39 is 0 Å². The van der Waals surface area contributed by atoms with Crippen LogP contribution >= 0.6 is 0 Å². The molecule has 19 heavy (non-hydrogen) atoms. The number of hydrogen-bond donors (Lipinski definition) is 2. The van der Waals surface area contributed by atoms with E-state index in [1.807, 2.05) is 19.1 Å². The third-order valence-corrected chi connectivity index (χ3v) is 4.04. The lowest BCUT2D eigenvalue weighted by Crippen LogP contribution is -2.29. The van der Waals surface area contributed by atoms with Crippen LogP contribution in [0.2, 0.25) is 0 Å². The number of nitrogens with two attached hydrogens (primary N) is 1. The van der Waals surface area contributed by atoms with Crippen molar-refractivity contribution in [2.24, 2.45) is 11.7 Å². The average molecular weight is 258 g/mol. The first-order valence-corrected chi connectivity index (χ1v) is 7.21. The fraction of sp³-hybridized carbons (Fsp3) is 0.500. The summed E-state index contributed by atoms with van der Waals surface area (Å²) in [5.41, 5.74) is 8.14. The fourth-order valence-electron chi connectivity index (χ4n) is 2.79. The van der Waals surface area contributed by atoms with Gasteiger partial charge in [0.1, 0.15) is 11.3 Å². The van der Waals surface area contributed by atoms with Gasteiger partial charge >= 0.3 is 0 Å². The SMILES string of the molecule is Cc1oc2ccccc2c1C(CN)NCCC1CC1. The van der Waals surface area contributed by atoms with Gasteiger partial charge < -0.3 is 15.5 Å². The van der Waals surface area contributed by atoms with Crippen molar-refractivity contribution in [3.05, 3.63) is 35.6 Å². The average Bonchev–Trinajstić information content (AvgIpc) is 3.17. The summed E-state index contributed by atoms with van der Waals surface area (Å²) < 4.78 is 5.83. The lowest BCUT2D eigenvalue weighted by atomic mass is 10.0. The zero-order chi connectivity index (χ0) is 13.2. The highest BCUT2D eigenvalue weighted by Gasteiger charge is 2.22. The van der Waals surface area contributed by atoms with Crippen LogP contribution in [0, 0.1) is 12.8 Å². The Balaban J connectivity index is 1.80. The molecule has 102 valence electrons. The molecular weight excluding hydrogens is 236 g/mol. The molecule has 1 aliphatic carbocycles. The Morgan fingerprint density at radius 2 is 2.16 bits per heavy atom. The van der Waals surface area contributed by atoms with Crippen LogP contribution < -0.4 is 11.1 Å². The Bertz CT molecular complexity index is 557. The monoisotopic (exact) mass is 258 g/mol. The first-order valence-electron chi connectivity index (χ1n) is 7.21. The van der Waals surface area contributed by atoms with Gasteiger partial charge in [0.15, 0.2) is 0 Å². The van der Waals surface area contributed by atoms with Crippen LogP contribution in [-0.2, 0) is 0 Å². The van der Waals surface area contributed by atoms with Crippen molar-refractivity contribution in [1.82, 2.24) is 5.32 Å². The van der Waals surface area contributed by atoms with Crippen molar-refractivity contribution < 1.29 is 4.42 Å². The predicted molar refractivity (Wildman–Crippen MR) is 78.1 cm³/mol. The maximum Gasteiger partial charge on any atom is 0.134 e. The summed E-state index contributed by atoms with van der Waals surface area (Å²) in [4.78, 5) is 0. The first-order chi connectivity index (χ1) is 9.29. The topological polar surface area (TPSA) is 51.2 Å². The lowest BCUT2D eigenvalue weighted by molar-refractivity contribution is 0.499. The van der Waals surface area contributed by atoms with E-state index in [2.05, 4.69) is 17.4 Å². The molecule has 3 rings (SSSR count). The van der Waals surface area contributed by atoms with Crippen molar-refractivity contribution in [2.45, 2.75) is 32.2 Å². The number of fused-ring (bicyclic) bond motifs is 1. The van der Waals surface area contributed by atoms with Crippen LogP contribution in [0.1, 0.15) is 36.6 Å². The number of para-hydroxylation sites is 1. The smallest absolute Gasteiger partial charge is 0.134 e. The van der Waals surface area contributed by atoms with E-state index >= 15 is 0 Å². The maximum atomic E-state index is 5.95. The minimum Gasteiger partial charge on any atom is -0.461 e. The van der Waals surface area contributed by atoms with Gasteiger partial charge in [-0.3, -0.25) is 0 Å². The van der Waals surface area contributed by atoms with Crippen molar-refractivity contribution in [3.8, 4) is 0 Å². The van der Waals surface area contributed by atoms with E-state index in [1.165, 1.54) is 30.2 Å². The Kier molecular flexibility index (Phi) is 3.58. The summed E-state index contributed by atoms with van der Waals surface area (Å²) >= 11 is 0. The third-order valence-electron chi connectivity index (χ3n) is 4.04. The number of rotatable bonds is 6. The quantitative estimate of drug-likeness (QED) is 0.837. The van der Waals surface area contributed by atoms with Gasteiger partial charge in [0.05, 0.1) is 0 Å². The summed E-state index contributed by atoms with van der Waals surface area (Å²) in [6.45, 7) is 3.68. The molecule has 1 aromatic carbocycles. The summed E-state index contributed by atoms with van der Waals surface area (Å²) in [7, 11) is 0. The van der Waals surface area contributed by atoms with Crippen LogP contribution in [0.15, 0.2) is 28.7 Å². The number of nitrogens with one attached hydrogen (secondary N) is 1. The zero-order valence-electron chi connectivity index (χ0n) is 11.5. The largest absolute Gasteiger partial charge is 0.461 e. The molecule has 0 aliphatic heterocycles.